The molecule has 0 aliphatic heterocycles. The Kier molecular flexibility index (Phi) is 21.6. The molecule has 0 unspecified atom stereocenters. The van der Waals surface area contributed by atoms with Crippen molar-refractivity contribution in [2.75, 3.05) is 13.2 Å². The van der Waals surface area contributed by atoms with Gasteiger partial charge in [0.25, 0.3) is 0 Å². The molecule has 8 heavy (non-hydrogen) atoms. The number of hydrogen-bond donors (Lipinski definition) is 3. The number of unbranched alkanes of at least 4 members (excludes halogenated alkanes) is 1. The third kappa shape index (κ3) is 16.5. The zero-order valence-corrected chi connectivity index (χ0v) is 7.30. The zero-order valence-electron chi connectivity index (χ0n) is 5.30. The lowest BCUT2D eigenvalue weighted by Crippen LogP contribution is -1.98. The molecule has 0 atom stereocenters. The molecule has 4 N–H and O–H groups in total. The summed E-state index contributed by atoms with van der Waals surface area (Å²) in [5.41, 5.74) is 5.10. The first kappa shape index (κ1) is 11.0. The Hall–Kier alpha value is 0.0969. The van der Waals surface area contributed by atoms with Crippen LogP contribution in [0.4, 0.5) is 0 Å². The van der Waals surface area contributed by atoms with Crippen LogP contribution in [-0.2, 0) is 0 Å². The summed E-state index contributed by atoms with van der Waals surface area (Å²) in [6.45, 7) is 0.970. The number of hydrogen-bond acceptors (Lipinski definition) is 3. The molecule has 0 bridgehead atoms. The average Bonchev–Trinajstić information content (AvgIpc) is 1.88. The van der Waals surface area contributed by atoms with Crippen molar-refractivity contribution in [2.24, 2.45) is 5.73 Å². The van der Waals surface area contributed by atoms with E-state index < -0.39 is 0 Å². The van der Waals surface area contributed by atoms with Gasteiger partial charge in [-0.05, 0) is 19.4 Å². The van der Waals surface area contributed by atoms with E-state index in [-0.39, 0.29) is 6.61 Å². The summed E-state index contributed by atoms with van der Waals surface area (Å²) in [7, 11) is 0.306. The van der Waals surface area contributed by atoms with Gasteiger partial charge in [-0.3, -0.25) is 0 Å². The van der Waals surface area contributed by atoms with E-state index in [0.717, 1.165) is 12.8 Å². The maximum Gasteiger partial charge on any atom is 0.141 e. The highest BCUT2D eigenvalue weighted by Crippen LogP contribution is 1.79. The van der Waals surface area contributed by atoms with Gasteiger partial charge < -0.3 is 15.6 Å². The molecule has 0 aromatic rings. The predicted octanol–water partition coefficient (Wildman–Crippen LogP) is -2.02. The second-order valence-electron chi connectivity index (χ2n) is 1.22. The molecule has 0 saturated heterocycles. The van der Waals surface area contributed by atoms with Crippen LogP contribution in [0.15, 0.2) is 0 Å². The monoisotopic (exact) mass is 137 g/mol. The van der Waals surface area contributed by atoms with E-state index in [1.54, 1.807) is 0 Å². The van der Waals surface area contributed by atoms with Crippen LogP contribution in [0.3, 0.4) is 0 Å². The van der Waals surface area contributed by atoms with Crippen molar-refractivity contribution in [3.05, 3.63) is 0 Å². The summed E-state index contributed by atoms with van der Waals surface area (Å²) >= 11 is 0. The van der Waals surface area contributed by atoms with Crippen molar-refractivity contribution in [3.63, 3.8) is 0 Å². The van der Waals surface area contributed by atoms with E-state index in [4.69, 9.17) is 15.6 Å². The lowest BCUT2D eigenvalue weighted by atomic mass is 10.3. The Morgan fingerprint density at radius 2 is 1.75 bits per heavy atom. The summed E-state index contributed by atoms with van der Waals surface area (Å²) in [5.74, 6) is 0. The molecule has 4 heteroatoms. The van der Waals surface area contributed by atoms with E-state index >= 15 is 0 Å². The van der Waals surface area contributed by atoms with Gasteiger partial charge in [0.2, 0.25) is 0 Å². The molecule has 0 rings (SSSR count). The Bertz CT molecular complexity index is 26.0. The lowest BCUT2D eigenvalue weighted by Gasteiger charge is -1.86. The Morgan fingerprint density at radius 1 is 1.25 bits per heavy atom. The van der Waals surface area contributed by atoms with Gasteiger partial charge in [-0.25, -0.2) is 0 Å². The molecule has 0 spiro atoms. The second kappa shape index (κ2) is 15.7. The number of aliphatic hydroxyl groups excluding tert-OH is 1. The quantitative estimate of drug-likeness (QED) is 0.311. The van der Waals surface area contributed by atoms with Crippen molar-refractivity contribution in [3.8, 4) is 0 Å². The summed E-state index contributed by atoms with van der Waals surface area (Å²) in [6.07, 6.45) is 1.78. The SMILES string of the molecule is NCCCCO.O[SiH3]. The third-order valence-corrected chi connectivity index (χ3v) is 0.612. The highest BCUT2D eigenvalue weighted by Gasteiger charge is 1.76. The summed E-state index contributed by atoms with van der Waals surface area (Å²) in [4.78, 5) is 7.14. The predicted molar refractivity (Wildman–Crippen MR) is 37.5 cm³/mol. The van der Waals surface area contributed by atoms with Gasteiger partial charge in [0.15, 0.2) is 0 Å². The molecule has 3 nitrogen and oxygen atoms in total. The minimum atomic E-state index is 0.275. The van der Waals surface area contributed by atoms with Crippen molar-refractivity contribution >= 4 is 10.5 Å². The van der Waals surface area contributed by atoms with E-state index in [2.05, 4.69) is 0 Å². The Labute approximate surface area is 53.1 Å². The van der Waals surface area contributed by atoms with Gasteiger partial charge >= 0.3 is 0 Å². The standard InChI is InChI=1S/C4H11NO.H4OSi/c5-3-1-2-4-6;1-2/h6H,1-5H2;1H,2H3. The fraction of sp³-hybridized carbons (Fsp3) is 1.00. The number of rotatable bonds is 3. The van der Waals surface area contributed by atoms with Crippen molar-refractivity contribution in [1.82, 2.24) is 0 Å². The van der Waals surface area contributed by atoms with Crippen LogP contribution >= 0.6 is 0 Å². The molecule has 0 saturated carbocycles. The van der Waals surface area contributed by atoms with Gasteiger partial charge in [-0.15, -0.1) is 0 Å². The van der Waals surface area contributed by atoms with Gasteiger partial charge in [-0.1, -0.05) is 0 Å². The first-order chi connectivity index (χ1) is 3.91. The summed E-state index contributed by atoms with van der Waals surface area (Å²) < 4.78 is 0. The van der Waals surface area contributed by atoms with Gasteiger partial charge in [0.05, 0.1) is 0 Å². The summed E-state index contributed by atoms with van der Waals surface area (Å²) in [6, 6.07) is 0. The van der Waals surface area contributed by atoms with Crippen LogP contribution in [0.5, 0.6) is 0 Å². The molecule has 0 aliphatic rings. The topological polar surface area (TPSA) is 66.5 Å². The molecular weight excluding hydrogens is 122 g/mol. The minimum absolute atomic E-state index is 0.275. The first-order valence-corrected chi connectivity index (χ1v) is 3.57. The van der Waals surface area contributed by atoms with Gasteiger partial charge in [-0.2, -0.15) is 0 Å². The smallest absolute Gasteiger partial charge is 0.141 e. The van der Waals surface area contributed by atoms with Crippen molar-refractivity contribution < 1.29 is 9.90 Å². The van der Waals surface area contributed by atoms with Crippen LogP contribution in [0, 0.1) is 0 Å². The third-order valence-electron chi connectivity index (χ3n) is 0.612. The van der Waals surface area contributed by atoms with Gasteiger partial charge in [0.1, 0.15) is 10.5 Å². The fourth-order valence-electron chi connectivity index (χ4n) is 0.256. The largest absolute Gasteiger partial charge is 0.442 e. The van der Waals surface area contributed by atoms with Crippen LogP contribution < -0.4 is 5.73 Å². The first-order valence-electron chi connectivity index (χ1n) is 2.67. The average molecular weight is 137 g/mol. The molecule has 0 radical (unpaired) electrons. The molecule has 52 valence electrons. The van der Waals surface area contributed by atoms with Crippen molar-refractivity contribution in [2.45, 2.75) is 12.8 Å². The maximum absolute atomic E-state index is 8.14. The van der Waals surface area contributed by atoms with Crippen LogP contribution in [0.1, 0.15) is 12.8 Å². The lowest BCUT2D eigenvalue weighted by molar-refractivity contribution is 0.285. The minimum Gasteiger partial charge on any atom is -0.442 e. The van der Waals surface area contributed by atoms with E-state index in [1.807, 2.05) is 0 Å². The van der Waals surface area contributed by atoms with E-state index in [0.29, 0.717) is 17.0 Å². The molecule has 0 amide bonds. The van der Waals surface area contributed by atoms with Gasteiger partial charge in [0, 0.05) is 6.61 Å². The molecular formula is C4H15NO2Si. The van der Waals surface area contributed by atoms with E-state index in [9.17, 15) is 0 Å². The van der Waals surface area contributed by atoms with Crippen LogP contribution in [0.25, 0.3) is 0 Å². The highest BCUT2D eigenvalue weighted by atomic mass is 28.2. The van der Waals surface area contributed by atoms with Crippen molar-refractivity contribution in [1.29, 1.82) is 0 Å². The second-order valence-corrected chi connectivity index (χ2v) is 1.22. The number of aliphatic hydroxyl groups is 1. The molecule has 0 aliphatic carbocycles. The molecule has 0 aromatic heterocycles. The Balaban J connectivity index is 0. The van der Waals surface area contributed by atoms with Crippen LogP contribution in [-0.4, -0.2) is 33.5 Å². The summed E-state index contributed by atoms with van der Waals surface area (Å²) in [5, 5.41) is 8.14. The number of nitrogens with two attached hydrogens (primary N) is 1. The molecule has 0 heterocycles. The molecule has 0 fully saturated rings. The van der Waals surface area contributed by atoms with E-state index in [1.165, 1.54) is 0 Å². The van der Waals surface area contributed by atoms with Crippen LogP contribution in [0.2, 0.25) is 0 Å². The fourth-order valence-corrected chi connectivity index (χ4v) is 0.256. The normalized spacial score (nSPS) is 7.88. The Morgan fingerprint density at radius 3 is 1.88 bits per heavy atom. The zero-order chi connectivity index (χ0) is 6.83. The maximum atomic E-state index is 8.14. The molecule has 0 aromatic carbocycles. The highest BCUT2D eigenvalue weighted by molar-refractivity contribution is 5.95.